The van der Waals surface area contributed by atoms with Crippen molar-refractivity contribution in [1.29, 1.82) is 0 Å². The largest absolute Gasteiger partial charge is 0.368 e. The van der Waals surface area contributed by atoms with Gasteiger partial charge in [-0.05, 0) is 37.5 Å². The van der Waals surface area contributed by atoms with E-state index in [0.717, 1.165) is 32.2 Å². The summed E-state index contributed by atoms with van der Waals surface area (Å²) in [5, 5.41) is 4.08. The Balaban J connectivity index is 1.78. The molecule has 1 aromatic carbocycles. The number of amides is 1. The fourth-order valence-electron chi connectivity index (χ4n) is 3.33. The minimum atomic E-state index is -0.368. The Hall–Kier alpha value is -1.88. The molecular formula is C19H23ClFN3O. The molecule has 25 heavy (non-hydrogen) atoms. The number of benzene rings is 1. The van der Waals surface area contributed by atoms with Gasteiger partial charge in [0.2, 0.25) is 5.91 Å². The van der Waals surface area contributed by atoms with Crippen LogP contribution in [0.2, 0.25) is 5.02 Å². The number of aromatic nitrogens is 1. The van der Waals surface area contributed by atoms with Gasteiger partial charge in [0, 0.05) is 31.2 Å². The highest BCUT2D eigenvalue weighted by atomic mass is 35.5. The molecule has 1 aliphatic rings. The summed E-state index contributed by atoms with van der Waals surface area (Å²) in [7, 11) is 0. The van der Waals surface area contributed by atoms with Gasteiger partial charge in [0.05, 0.1) is 16.6 Å². The smallest absolute Gasteiger partial charge is 0.224 e. The molecule has 0 saturated carbocycles. The van der Waals surface area contributed by atoms with Crippen LogP contribution in [0.1, 0.15) is 32.6 Å². The number of rotatable bonds is 5. The zero-order valence-electron chi connectivity index (χ0n) is 14.4. The van der Waals surface area contributed by atoms with Crippen LogP contribution in [0.15, 0.2) is 24.4 Å². The van der Waals surface area contributed by atoms with Crippen molar-refractivity contribution in [2.24, 2.45) is 5.92 Å². The molecule has 0 aliphatic carbocycles. The van der Waals surface area contributed by atoms with Crippen molar-refractivity contribution in [1.82, 2.24) is 10.3 Å². The molecule has 0 bridgehead atoms. The van der Waals surface area contributed by atoms with Crippen molar-refractivity contribution in [2.45, 2.75) is 32.6 Å². The van der Waals surface area contributed by atoms with E-state index in [0.29, 0.717) is 29.2 Å². The van der Waals surface area contributed by atoms with Crippen LogP contribution in [-0.2, 0) is 4.79 Å². The molecule has 4 nitrogen and oxygen atoms in total. The summed E-state index contributed by atoms with van der Waals surface area (Å²) in [5.41, 5.74) is 0.771. The molecule has 1 atom stereocenters. The lowest BCUT2D eigenvalue weighted by atomic mass is 9.96. The molecule has 1 saturated heterocycles. The summed E-state index contributed by atoms with van der Waals surface area (Å²) >= 11 is 6.12. The molecule has 3 rings (SSSR count). The molecule has 1 aliphatic heterocycles. The van der Waals surface area contributed by atoms with E-state index >= 15 is 0 Å². The third kappa shape index (κ3) is 3.87. The number of hydrogen-bond acceptors (Lipinski definition) is 3. The lowest BCUT2D eigenvalue weighted by Crippen LogP contribution is -2.43. The van der Waals surface area contributed by atoms with E-state index in [4.69, 9.17) is 11.6 Å². The Morgan fingerprint density at radius 1 is 1.44 bits per heavy atom. The van der Waals surface area contributed by atoms with Crippen LogP contribution in [0.5, 0.6) is 0 Å². The minimum absolute atomic E-state index is 0.0699. The molecule has 0 radical (unpaired) electrons. The fraction of sp³-hybridized carbons (Fsp3) is 0.474. The first-order chi connectivity index (χ1) is 12.1. The van der Waals surface area contributed by atoms with Gasteiger partial charge in [-0.2, -0.15) is 0 Å². The fourth-order valence-corrected chi connectivity index (χ4v) is 3.54. The molecule has 0 spiro atoms. The lowest BCUT2D eigenvalue weighted by Gasteiger charge is -2.34. The van der Waals surface area contributed by atoms with Gasteiger partial charge in [-0.3, -0.25) is 9.78 Å². The Labute approximate surface area is 152 Å². The highest BCUT2D eigenvalue weighted by molar-refractivity contribution is 6.35. The van der Waals surface area contributed by atoms with Gasteiger partial charge in [0.1, 0.15) is 5.52 Å². The van der Waals surface area contributed by atoms with Crippen molar-refractivity contribution in [3.63, 3.8) is 0 Å². The molecule has 1 unspecified atom stereocenters. The minimum Gasteiger partial charge on any atom is -0.368 e. The zero-order valence-corrected chi connectivity index (χ0v) is 15.2. The molecule has 2 aromatic rings. The summed E-state index contributed by atoms with van der Waals surface area (Å²) in [6.45, 7) is 4.07. The highest BCUT2D eigenvalue weighted by Crippen LogP contribution is 2.32. The van der Waals surface area contributed by atoms with Crippen molar-refractivity contribution >= 4 is 34.1 Å². The molecule has 6 heteroatoms. The third-order valence-electron chi connectivity index (χ3n) is 4.74. The second kappa shape index (κ2) is 8.00. The number of nitrogens with one attached hydrogen (secondary N) is 1. The van der Waals surface area contributed by atoms with Gasteiger partial charge in [-0.15, -0.1) is 0 Å². The number of pyridine rings is 1. The molecule has 1 N–H and O–H groups in total. The number of carbonyl (C=O) groups is 1. The van der Waals surface area contributed by atoms with E-state index in [1.807, 2.05) is 4.90 Å². The van der Waals surface area contributed by atoms with E-state index in [1.165, 1.54) is 6.20 Å². The Kier molecular flexibility index (Phi) is 5.74. The van der Waals surface area contributed by atoms with Gasteiger partial charge in [0.25, 0.3) is 0 Å². The summed E-state index contributed by atoms with van der Waals surface area (Å²) in [6, 6.07) is 5.19. The number of nitrogens with zero attached hydrogens (tertiary/aromatic N) is 2. The first kappa shape index (κ1) is 17.9. The predicted molar refractivity (Wildman–Crippen MR) is 99.6 cm³/mol. The summed E-state index contributed by atoms with van der Waals surface area (Å²) in [4.78, 5) is 18.4. The number of anilines is 1. The molecule has 134 valence electrons. The van der Waals surface area contributed by atoms with E-state index in [9.17, 15) is 9.18 Å². The van der Waals surface area contributed by atoms with Crippen LogP contribution in [0.4, 0.5) is 10.1 Å². The maximum absolute atomic E-state index is 14.9. The van der Waals surface area contributed by atoms with Crippen LogP contribution in [0, 0.1) is 11.7 Å². The van der Waals surface area contributed by atoms with Gasteiger partial charge in [-0.1, -0.05) is 24.9 Å². The maximum atomic E-state index is 14.9. The molecular weight excluding hydrogens is 341 g/mol. The number of fused-ring (bicyclic) bond motifs is 1. The third-order valence-corrected chi connectivity index (χ3v) is 5.07. The predicted octanol–water partition coefficient (Wildman–Crippen LogP) is 4.16. The second-order valence-corrected chi connectivity index (χ2v) is 6.92. The highest BCUT2D eigenvalue weighted by Gasteiger charge is 2.27. The summed E-state index contributed by atoms with van der Waals surface area (Å²) in [5.74, 6) is -0.402. The SMILES string of the molecule is CCCCNC(=O)C1CCCN(c2ccc3c(Cl)ccnc3c2F)C1. The Morgan fingerprint density at radius 3 is 3.08 bits per heavy atom. The van der Waals surface area contributed by atoms with Gasteiger partial charge in [0.15, 0.2) is 5.82 Å². The Morgan fingerprint density at radius 2 is 2.28 bits per heavy atom. The Bertz CT molecular complexity index is 768. The van der Waals surface area contributed by atoms with E-state index in [-0.39, 0.29) is 23.2 Å². The molecule has 1 fully saturated rings. The average Bonchev–Trinajstić information content (AvgIpc) is 2.63. The summed E-state index contributed by atoms with van der Waals surface area (Å²) < 4.78 is 14.9. The first-order valence-electron chi connectivity index (χ1n) is 8.87. The number of carbonyl (C=O) groups excluding carboxylic acids is 1. The van der Waals surface area contributed by atoms with Gasteiger partial charge >= 0.3 is 0 Å². The van der Waals surface area contributed by atoms with Crippen LogP contribution in [0.3, 0.4) is 0 Å². The van der Waals surface area contributed by atoms with Gasteiger partial charge < -0.3 is 10.2 Å². The van der Waals surface area contributed by atoms with E-state index in [2.05, 4.69) is 17.2 Å². The summed E-state index contributed by atoms with van der Waals surface area (Å²) in [6.07, 6.45) is 5.25. The van der Waals surface area contributed by atoms with Crippen molar-refractivity contribution < 1.29 is 9.18 Å². The van der Waals surface area contributed by atoms with Crippen LogP contribution in [0.25, 0.3) is 10.9 Å². The standard InChI is InChI=1S/C19H23ClFN3O/c1-2-3-9-23-19(25)13-5-4-11-24(12-13)16-7-6-14-15(20)8-10-22-18(14)17(16)21/h6-8,10,13H,2-5,9,11-12H2,1H3,(H,23,25). The number of hydrogen-bond donors (Lipinski definition) is 1. The van der Waals surface area contributed by atoms with E-state index < -0.39 is 0 Å². The molecule has 2 heterocycles. The van der Waals surface area contributed by atoms with Crippen LogP contribution in [-0.4, -0.2) is 30.5 Å². The number of unbranched alkanes of at least 4 members (excludes halogenated alkanes) is 1. The molecule has 1 aromatic heterocycles. The zero-order chi connectivity index (χ0) is 17.8. The van der Waals surface area contributed by atoms with Crippen molar-refractivity contribution in [3.8, 4) is 0 Å². The van der Waals surface area contributed by atoms with Gasteiger partial charge in [-0.25, -0.2) is 4.39 Å². The monoisotopic (exact) mass is 363 g/mol. The quantitative estimate of drug-likeness (QED) is 0.811. The van der Waals surface area contributed by atoms with Crippen molar-refractivity contribution in [3.05, 3.63) is 35.2 Å². The van der Waals surface area contributed by atoms with Crippen LogP contribution >= 0.6 is 11.6 Å². The number of piperidine rings is 1. The lowest BCUT2D eigenvalue weighted by molar-refractivity contribution is -0.125. The maximum Gasteiger partial charge on any atom is 0.224 e. The normalized spacial score (nSPS) is 17.7. The van der Waals surface area contributed by atoms with Crippen molar-refractivity contribution in [2.75, 3.05) is 24.5 Å². The number of halogens is 2. The topological polar surface area (TPSA) is 45.2 Å². The first-order valence-corrected chi connectivity index (χ1v) is 9.25. The second-order valence-electron chi connectivity index (χ2n) is 6.52. The average molecular weight is 364 g/mol. The van der Waals surface area contributed by atoms with E-state index in [1.54, 1.807) is 18.2 Å². The van der Waals surface area contributed by atoms with Crippen LogP contribution < -0.4 is 10.2 Å². The molecule has 1 amide bonds.